The van der Waals surface area contributed by atoms with Crippen molar-refractivity contribution in [3.63, 3.8) is 0 Å². The van der Waals surface area contributed by atoms with Crippen molar-refractivity contribution in [2.45, 2.75) is 12.8 Å². The van der Waals surface area contributed by atoms with E-state index < -0.39 is 0 Å². The molecule has 0 aliphatic carbocycles. The van der Waals surface area contributed by atoms with Gasteiger partial charge in [0.2, 0.25) is 5.91 Å². The van der Waals surface area contributed by atoms with E-state index >= 15 is 0 Å². The van der Waals surface area contributed by atoms with E-state index in [9.17, 15) is 9.59 Å². The van der Waals surface area contributed by atoms with Crippen LogP contribution in [-0.4, -0.2) is 37.2 Å². The molecule has 7 heteroatoms. The molecule has 0 spiro atoms. The van der Waals surface area contributed by atoms with Crippen molar-refractivity contribution >= 4 is 17.5 Å². The first kappa shape index (κ1) is 15.0. The predicted molar refractivity (Wildman–Crippen MR) is 77.9 cm³/mol. The molecule has 0 saturated carbocycles. The fraction of sp³-hybridized carbons (Fsp3) is 0.357. The molecular weight excluding hydrogens is 272 g/mol. The maximum absolute atomic E-state index is 11.4. The number of carbonyl (C=O) groups is 2. The monoisotopic (exact) mass is 290 g/mol. The molecule has 0 unspecified atom stereocenters. The van der Waals surface area contributed by atoms with Gasteiger partial charge in [0.15, 0.2) is 6.61 Å². The zero-order chi connectivity index (χ0) is 15.1. The molecule has 0 bridgehead atoms. The highest BCUT2D eigenvalue weighted by atomic mass is 16.5. The van der Waals surface area contributed by atoms with Crippen molar-refractivity contribution in [1.29, 1.82) is 0 Å². The van der Waals surface area contributed by atoms with Gasteiger partial charge in [-0.1, -0.05) is 0 Å². The molecule has 0 atom stereocenters. The van der Waals surface area contributed by atoms with Crippen LogP contribution in [-0.2, 0) is 9.59 Å². The number of carbonyl (C=O) groups excluding carboxylic acids is 2. The van der Waals surface area contributed by atoms with E-state index in [2.05, 4.69) is 15.8 Å². The number of amides is 2. The van der Waals surface area contributed by atoms with Crippen LogP contribution < -0.4 is 21.2 Å². The molecule has 1 aromatic carbocycles. The largest absolute Gasteiger partial charge is 0.484 e. The number of hydrazone groups is 1. The van der Waals surface area contributed by atoms with E-state index in [-0.39, 0.29) is 18.4 Å². The van der Waals surface area contributed by atoms with Gasteiger partial charge < -0.3 is 15.8 Å². The maximum Gasteiger partial charge on any atom is 0.257 e. The first-order valence-electron chi connectivity index (χ1n) is 6.74. The zero-order valence-electron chi connectivity index (χ0n) is 11.6. The van der Waals surface area contributed by atoms with Crippen molar-refractivity contribution < 1.29 is 14.3 Å². The summed E-state index contributed by atoms with van der Waals surface area (Å²) < 4.78 is 5.36. The second-order valence-electron chi connectivity index (χ2n) is 4.55. The Morgan fingerprint density at radius 1 is 1.33 bits per heavy atom. The molecule has 2 amide bonds. The molecule has 21 heavy (non-hydrogen) atoms. The summed E-state index contributed by atoms with van der Waals surface area (Å²) >= 11 is 0. The summed E-state index contributed by atoms with van der Waals surface area (Å²) in [5, 5.41) is 6.64. The molecule has 1 aromatic rings. The Morgan fingerprint density at radius 3 is 2.71 bits per heavy atom. The van der Waals surface area contributed by atoms with Crippen LogP contribution in [0.25, 0.3) is 0 Å². The number of nitrogens with zero attached hydrogens (tertiary/aromatic N) is 1. The Balaban J connectivity index is 1.87. The lowest BCUT2D eigenvalue weighted by atomic mass is 10.0. The minimum Gasteiger partial charge on any atom is -0.484 e. The standard InChI is InChI=1S/C14H18N4O3/c15-7-8-16-14(20)9-21-11-3-1-10(2-4-11)12-5-6-13(19)18-17-12/h1-4H,5-9,15H2,(H,16,20)(H,18,19). The van der Waals surface area contributed by atoms with Crippen LogP contribution in [0.15, 0.2) is 29.4 Å². The SMILES string of the molecule is NCCNC(=O)COc1ccc(C2=NNC(=O)CC2)cc1. The fourth-order valence-electron chi connectivity index (χ4n) is 1.84. The highest BCUT2D eigenvalue weighted by Crippen LogP contribution is 2.15. The van der Waals surface area contributed by atoms with E-state index in [4.69, 9.17) is 10.5 Å². The van der Waals surface area contributed by atoms with Crippen molar-refractivity contribution in [3.8, 4) is 5.75 Å². The molecule has 0 saturated heterocycles. The van der Waals surface area contributed by atoms with Crippen LogP contribution >= 0.6 is 0 Å². The second kappa shape index (κ2) is 7.39. The fourth-order valence-corrected chi connectivity index (χ4v) is 1.84. The summed E-state index contributed by atoms with van der Waals surface area (Å²) in [6, 6.07) is 7.24. The normalized spacial score (nSPS) is 14.1. The molecule has 2 rings (SSSR count). The summed E-state index contributed by atoms with van der Waals surface area (Å²) in [5.74, 6) is 0.327. The van der Waals surface area contributed by atoms with Crippen molar-refractivity contribution in [2.24, 2.45) is 10.8 Å². The van der Waals surface area contributed by atoms with Gasteiger partial charge in [-0.3, -0.25) is 9.59 Å². The van der Waals surface area contributed by atoms with Gasteiger partial charge in [-0.2, -0.15) is 5.10 Å². The smallest absolute Gasteiger partial charge is 0.257 e. The number of hydrogen-bond acceptors (Lipinski definition) is 5. The predicted octanol–water partition coefficient (Wildman–Crippen LogP) is -0.246. The Labute approximate surface area is 122 Å². The Kier molecular flexibility index (Phi) is 5.28. The average molecular weight is 290 g/mol. The first-order chi connectivity index (χ1) is 10.2. The summed E-state index contributed by atoms with van der Waals surface area (Å²) in [5.41, 5.74) is 9.51. The Bertz CT molecular complexity index is 540. The number of hydrogen-bond donors (Lipinski definition) is 3. The highest BCUT2D eigenvalue weighted by molar-refractivity contribution is 6.04. The van der Waals surface area contributed by atoms with Gasteiger partial charge in [0.25, 0.3) is 5.91 Å². The first-order valence-corrected chi connectivity index (χ1v) is 6.74. The molecule has 1 aliphatic rings. The van der Waals surface area contributed by atoms with E-state index in [1.165, 1.54) is 0 Å². The summed E-state index contributed by atoms with van der Waals surface area (Å²) in [6.07, 6.45) is 1.06. The van der Waals surface area contributed by atoms with E-state index in [0.29, 0.717) is 31.7 Å². The number of rotatable bonds is 6. The second-order valence-corrected chi connectivity index (χ2v) is 4.55. The zero-order valence-corrected chi connectivity index (χ0v) is 11.6. The van der Waals surface area contributed by atoms with Gasteiger partial charge in [0.1, 0.15) is 5.75 Å². The number of nitrogens with one attached hydrogen (secondary N) is 2. The topological polar surface area (TPSA) is 106 Å². The number of benzene rings is 1. The summed E-state index contributed by atoms with van der Waals surface area (Å²) in [7, 11) is 0. The molecule has 0 fully saturated rings. The third kappa shape index (κ3) is 4.57. The van der Waals surface area contributed by atoms with Crippen LogP contribution in [0.1, 0.15) is 18.4 Å². The Morgan fingerprint density at radius 2 is 2.10 bits per heavy atom. The summed E-state index contributed by atoms with van der Waals surface area (Å²) in [4.78, 5) is 22.4. The van der Waals surface area contributed by atoms with Crippen molar-refractivity contribution in [1.82, 2.24) is 10.7 Å². The maximum atomic E-state index is 11.4. The van der Waals surface area contributed by atoms with Gasteiger partial charge in [-0.05, 0) is 29.8 Å². The molecule has 0 aromatic heterocycles. The van der Waals surface area contributed by atoms with Gasteiger partial charge in [0, 0.05) is 25.9 Å². The van der Waals surface area contributed by atoms with Crippen LogP contribution in [0.4, 0.5) is 0 Å². The molecule has 1 aliphatic heterocycles. The van der Waals surface area contributed by atoms with E-state index in [1.807, 2.05) is 12.1 Å². The highest BCUT2D eigenvalue weighted by Gasteiger charge is 2.13. The van der Waals surface area contributed by atoms with E-state index in [0.717, 1.165) is 11.3 Å². The van der Waals surface area contributed by atoms with Crippen molar-refractivity contribution in [2.75, 3.05) is 19.7 Å². The van der Waals surface area contributed by atoms with Gasteiger partial charge in [0.05, 0.1) is 5.71 Å². The minimum absolute atomic E-state index is 0.0453. The van der Waals surface area contributed by atoms with Crippen molar-refractivity contribution in [3.05, 3.63) is 29.8 Å². The Hall–Kier alpha value is -2.41. The lowest BCUT2D eigenvalue weighted by molar-refractivity contribution is -0.123. The molecule has 0 radical (unpaired) electrons. The third-order valence-corrected chi connectivity index (χ3v) is 2.93. The minimum atomic E-state index is -0.205. The lowest BCUT2D eigenvalue weighted by Crippen LogP contribution is -2.32. The van der Waals surface area contributed by atoms with Gasteiger partial charge in [-0.25, -0.2) is 5.43 Å². The van der Waals surface area contributed by atoms with E-state index in [1.54, 1.807) is 12.1 Å². The molecule has 112 valence electrons. The average Bonchev–Trinajstić information content (AvgIpc) is 2.52. The summed E-state index contributed by atoms with van der Waals surface area (Å²) in [6.45, 7) is 0.794. The molecular formula is C14H18N4O3. The molecule has 1 heterocycles. The third-order valence-electron chi connectivity index (χ3n) is 2.93. The quantitative estimate of drug-likeness (QED) is 0.672. The lowest BCUT2D eigenvalue weighted by Gasteiger charge is -2.12. The molecule has 4 N–H and O–H groups in total. The van der Waals surface area contributed by atoms with Crippen LogP contribution in [0.3, 0.4) is 0 Å². The van der Waals surface area contributed by atoms with Gasteiger partial charge >= 0.3 is 0 Å². The number of nitrogens with two attached hydrogens (primary N) is 1. The molecule has 7 nitrogen and oxygen atoms in total. The van der Waals surface area contributed by atoms with Gasteiger partial charge in [-0.15, -0.1) is 0 Å². The van der Waals surface area contributed by atoms with Crippen LogP contribution in [0.5, 0.6) is 5.75 Å². The van der Waals surface area contributed by atoms with Crippen LogP contribution in [0, 0.1) is 0 Å². The number of ether oxygens (including phenoxy) is 1. The van der Waals surface area contributed by atoms with Crippen LogP contribution in [0.2, 0.25) is 0 Å².